The Morgan fingerprint density at radius 2 is 2.54 bits per heavy atom. The summed E-state index contributed by atoms with van der Waals surface area (Å²) in [4.78, 5) is 11.9. The molecule has 4 heteroatoms. The Morgan fingerprint density at radius 3 is 3.08 bits per heavy atom. The third kappa shape index (κ3) is 2.19. The Balaban J connectivity index is 3.81. The number of carbonyl (C=O) groups excluding carboxylic acids is 1. The first-order valence-electron chi connectivity index (χ1n) is 8.85. The van der Waals surface area contributed by atoms with E-state index in [9.17, 15) is 4.79 Å². The Labute approximate surface area is 93.6 Å². The summed E-state index contributed by atoms with van der Waals surface area (Å²) in [5.41, 5.74) is -2.32. The Kier molecular flexibility index (Phi) is 0.684. The lowest BCUT2D eigenvalue weighted by molar-refractivity contribution is -0.119. The summed E-state index contributed by atoms with van der Waals surface area (Å²) < 4.78 is 92.6. The van der Waals surface area contributed by atoms with E-state index in [0.717, 1.165) is 0 Å². The van der Waals surface area contributed by atoms with E-state index in [1.807, 2.05) is 0 Å². The van der Waals surface area contributed by atoms with Crippen LogP contribution in [0.4, 0.5) is 0 Å². The molecule has 1 aromatic carbocycles. The first-order chi connectivity index (χ1) is 11.2. The van der Waals surface area contributed by atoms with Crippen LogP contribution in [0, 0.1) is 0 Å². The molecular formula is C9H12N2O2. The molecule has 0 spiro atoms. The van der Waals surface area contributed by atoms with Crippen LogP contribution in [0.25, 0.3) is 0 Å². The topological polar surface area (TPSA) is 78.3 Å². The Hall–Kier alpha value is -1.55. The van der Waals surface area contributed by atoms with Gasteiger partial charge >= 0.3 is 0 Å². The van der Waals surface area contributed by atoms with Gasteiger partial charge in [-0.25, -0.2) is 0 Å². The number of hydrogen-bond acceptors (Lipinski definition) is 3. The van der Waals surface area contributed by atoms with Gasteiger partial charge in [-0.15, -0.1) is 0 Å². The van der Waals surface area contributed by atoms with Gasteiger partial charge in [-0.05, 0) is 17.6 Å². The van der Waals surface area contributed by atoms with Crippen LogP contribution in [0.15, 0.2) is 24.2 Å². The number of ether oxygens (including phenoxy) is 1. The van der Waals surface area contributed by atoms with Gasteiger partial charge in [-0.2, -0.15) is 0 Å². The quantitative estimate of drug-likeness (QED) is 0.714. The lowest BCUT2D eigenvalue weighted by Gasteiger charge is -2.07. The lowest BCUT2D eigenvalue weighted by Crippen LogP contribution is -2.28. The van der Waals surface area contributed by atoms with Crippen molar-refractivity contribution >= 4 is 5.91 Å². The lowest BCUT2D eigenvalue weighted by atomic mass is 10.1. The third-order valence-corrected chi connectivity index (χ3v) is 1.14. The van der Waals surface area contributed by atoms with Gasteiger partial charge < -0.3 is 16.2 Å². The van der Waals surface area contributed by atoms with Crippen molar-refractivity contribution in [2.45, 2.75) is 6.02 Å². The molecule has 1 atom stereocenters. The highest BCUT2D eigenvalue weighted by Gasteiger charge is 2.11. The maximum Gasteiger partial charge on any atom is 0.238 e. The molecule has 0 aliphatic rings. The van der Waals surface area contributed by atoms with E-state index >= 15 is 0 Å². The minimum atomic E-state index is -3.28. The van der Waals surface area contributed by atoms with Crippen molar-refractivity contribution in [2.24, 2.45) is 11.4 Å². The van der Waals surface area contributed by atoms with E-state index < -0.39 is 65.9 Å². The summed E-state index contributed by atoms with van der Waals surface area (Å²) in [6.07, 6.45) is 0. The summed E-state index contributed by atoms with van der Waals surface area (Å²) >= 11 is 0. The third-order valence-electron chi connectivity index (χ3n) is 1.14. The van der Waals surface area contributed by atoms with Crippen molar-refractivity contribution in [1.29, 1.82) is 0 Å². The fourth-order valence-corrected chi connectivity index (χ4v) is 0.577. The van der Waals surface area contributed by atoms with Crippen molar-refractivity contribution in [2.75, 3.05) is 7.04 Å². The van der Waals surface area contributed by atoms with E-state index in [2.05, 4.69) is 4.74 Å². The molecule has 4 N–H and O–H groups in total. The number of amides is 1. The maximum absolute atomic E-state index is 11.9. The van der Waals surface area contributed by atoms with Crippen LogP contribution in [0.2, 0.25) is 5.65 Å². The fourth-order valence-electron chi connectivity index (χ4n) is 0.577. The summed E-state index contributed by atoms with van der Waals surface area (Å²) in [5.74, 6) is -2.79. The van der Waals surface area contributed by atoms with Gasteiger partial charge in [0.15, 0.2) is 2.82 Å². The van der Waals surface area contributed by atoms with E-state index in [1.54, 1.807) is 0 Å². The molecule has 0 radical (unpaired) electrons. The summed E-state index contributed by atoms with van der Waals surface area (Å²) in [6.45, 7) is 0. The van der Waals surface area contributed by atoms with Gasteiger partial charge in [0, 0.05) is 0 Å². The number of methoxy groups -OCH3 is 1. The van der Waals surface area contributed by atoms with Crippen LogP contribution in [0.3, 0.4) is 0 Å². The van der Waals surface area contributed by atoms with E-state index in [0.29, 0.717) is 0 Å². The Morgan fingerprint density at radius 1 is 1.77 bits per heavy atom. The zero-order chi connectivity index (χ0) is 19.9. The van der Waals surface area contributed by atoms with E-state index in [1.165, 1.54) is 0 Å². The highest BCUT2D eigenvalue weighted by molar-refractivity contribution is 5.81. The number of hydrogen-bond donors (Lipinski definition) is 2. The van der Waals surface area contributed by atoms with E-state index in [-0.39, 0.29) is 0 Å². The number of carbonyl (C=O) groups is 1. The zero-order valence-electron chi connectivity index (χ0n) is 18.2. The predicted octanol–water partition coefficient (Wildman–Crippen LogP) is 0.180. The second kappa shape index (κ2) is 3.91. The largest absolute Gasteiger partial charge is 0.497 e. The molecule has 4 nitrogen and oxygen atoms in total. The average Bonchev–Trinajstić information content (AvgIpc) is 2.47. The van der Waals surface area contributed by atoms with Crippen molar-refractivity contribution in [3.63, 3.8) is 0 Å². The van der Waals surface area contributed by atoms with Gasteiger partial charge in [0.05, 0.1) is 18.0 Å². The van der Waals surface area contributed by atoms with Gasteiger partial charge in [-0.3, -0.25) is 4.79 Å². The molecule has 13 heavy (non-hydrogen) atoms. The molecule has 0 saturated heterocycles. The smallest absolute Gasteiger partial charge is 0.238 e. The van der Waals surface area contributed by atoms with Crippen molar-refractivity contribution in [1.82, 2.24) is 0 Å². The molecule has 0 bridgehead atoms. The highest BCUT2D eigenvalue weighted by Crippen LogP contribution is 2.15. The van der Waals surface area contributed by atoms with E-state index in [4.69, 9.17) is 16.6 Å². The first-order valence-corrected chi connectivity index (χ1v) is 3.06. The molecular weight excluding hydrogens is 168 g/mol. The van der Waals surface area contributed by atoms with Gasteiger partial charge in [-0.1, -0.05) is 12.1 Å². The molecule has 1 unspecified atom stereocenters. The van der Waals surface area contributed by atoms with Crippen LogP contribution < -0.4 is 16.2 Å². The normalized spacial score (nSPS) is 28.7. The van der Waals surface area contributed by atoms with Crippen LogP contribution in [-0.2, 0) is 4.79 Å². The SMILES string of the molecule is [2H]c1c([2H])c(C([2H])(C(=O)N([2H])[2H])N([2H])[2H])c([2H])c([2H])c1OC([2H])([2H])[2H]. The highest BCUT2D eigenvalue weighted by atomic mass is 16.5. The van der Waals surface area contributed by atoms with Gasteiger partial charge in [0.1, 0.15) is 14.6 Å². The molecule has 1 amide bonds. The number of benzene rings is 1. The second-order valence-corrected chi connectivity index (χ2v) is 1.96. The van der Waals surface area contributed by atoms with Crippen molar-refractivity contribution in [3.05, 3.63) is 29.7 Å². The first kappa shape index (κ1) is 2.27. The standard InChI is InChI=1S/C9H12N2O2/c1-13-7-4-2-6(3-5-7)8(10)9(11)12/h2-5,8H,10H2,1H3,(H2,11,12)/i1D3,2D,3D,4D,5D,8D/hD4. The zero-order valence-corrected chi connectivity index (χ0v) is 6.21. The average molecular weight is 192 g/mol. The number of nitrogens with two attached hydrogens (primary N) is 2. The molecule has 0 saturated carbocycles. The van der Waals surface area contributed by atoms with Gasteiger partial charge in [0.2, 0.25) is 5.91 Å². The summed E-state index contributed by atoms with van der Waals surface area (Å²) in [5, 5.41) is 0. The second-order valence-electron chi connectivity index (χ2n) is 1.96. The molecule has 1 rings (SSSR count). The summed E-state index contributed by atoms with van der Waals surface area (Å²) in [6, 6.07) is -7.62. The molecule has 0 fully saturated rings. The maximum atomic E-state index is 11.9. The minimum absolute atomic E-state index is 0.583. The number of primary amides is 1. The van der Waals surface area contributed by atoms with Crippen LogP contribution >= 0.6 is 0 Å². The van der Waals surface area contributed by atoms with Crippen molar-refractivity contribution < 1.29 is 26.1 Å². The summed E-state index contributed by atoms with van der Waals surface area (Å²) in [7, 11) is -3.10. The molecule has 0 aliphatic carbocycles. The van der Waals surface area contributed by atoms with Crippen molar-refractivity contribution in [3.8, 4) is 5.75 Å². The fraction of sp³-hybridized carbons (Fsp3) is 0.222. The molecule has 0 aromatic heterocycles. The number of rotatable bonds is 4. The molecule has 0 aliphatic heterocycles. The van der Waals surface area contributed by atoms with Crippen LogP contribution in [-0.4, -0.2) is 12.9 Å². The molecule has 1 aromatic rings. The van der Waals surface area contributed by atoms with Crippen LogP contribution in [0.5, 0.6) is 5.75 Å². The van der Waals surface area contributed by atoms with Crippen LogP contribution in [0.1, 0.15) is 22.5 Å². The predicted molar refractivity (Wildman–Crippen MR) is 49.1 cm³/mol. The Bertz CT molecular complexity index is 661. The minimum Gasteiger partial charge on any atom is -0.497 e. The molecule has 70 valence electrons. The monoisotopic (exact) mass is 192 g/mol. The molecule has 0 heterocycles. The van der Waals surface area contributed by atoms with Gasteiger partial charge in [0.25, 0.3) is 0 Å².